The summed E-state index contributed by atoms with van der Waals surface area (Å²) in [5, 5.41) is 8.96. The van der Waals surface area contributed by atoms with Crippen LogP contribution < -0.4 is 0 Å². The highest BCUT2D eigenvalue weighted by Gasteiger charge is 2.03. The number of hydrogen-bond acceptors (Lipinski definition) is 1. The second-order valence-corrected chi connectivity index (χ2v) is 2.75. The van der Waals surface area contributed by atoms with Crippen LogP contribution in [0.5, 0.6) is 5.75 Å². The maximum Gasteiger partial charge on any atom is 0.165 e. The number of aromatic amines is 1. The van der Waals surface area contributed by atoms with Gasteiger partial charge in [-0.3, -0.25) is 0 Å². The lowest BCUT2D eigenvalue weighted by molar-refractivity contribution is 0.432. The third kappa shape index (κ3) is 1.40. The molecule has 0 saturated heterocycles. The van der Waals surface area contributed by atoms with Crippen molar-refractivity contribution in [2.45, 2.75) is 0 Å². The van der Waals surface area contributed by atoms with Crippen molar-refractivity contribution in [3.05, 3.63) is 42.3 Å². The molecule has 0 radical (unpaired) electrons. The van der Waals surface area contributed by atoms with E-state index in [1.54, 1.807) is 12.3 Å². The lowest BCUT2D eigenvalue weighted by atomic mass is 10.1. The van der Waals surface area contributed by atoms with E-state index in [-0.39, 0.29) is 5.75 Å². The highest BCUT2D eigenvalue weighted by Crippen LogP contribution is 2.23. The molecule has 2 rings (SSSR count). The van der Waals surface area contributed by atoms with Gasteiger partial charge < -0.3 is 10.1 Å². The van der Waals surface area contributed by atoms with E-state index in [4.69, 9.17) is 5.11 Å². The molecule has 66 valence electrons. The quantitative estimate of drug-likeness (QED) is 0.689. The predicted molar refractivity (Wildman–Crippen MR) is 47.9 cm³/mol. The molecule has 3 heteroatoms. The summed E-state index contributed by atoms with van der Waals surface area (Å²) in [7, 11) is 0. The molecule has 0 aliphatic heterocycles. The van der Waals surface area contributed by atoms with Crippen LogP contribution in [0.3, 0.4) is 0 Å². The summed E-state index contributed by atoms with van der Waals surface area (Å²) in [5.74, 6) is -0.928. The van der Waals surface area contributed by atoms with E-state index < -0.39 is 5.82 Å². The van der Waals surface area contributed by atoms with Gasteiger partial charge in [0.25, 0.3) is 0 Å². The molecule has 0 saturated carbocycles. The first kappa shape index (κ1) is 7.86. The summed E-state index contributed by atoms with van der Waals surface area (Å²) >= 11 is 0. The van der Waals surface area contributed by atoms with Gasteiger partial charge in [-0.1, -0.05) is 0 Å². The van der Waals surface area contributed by atoms with Crippen molar-refractivity contribution in [2.24, 2.45) is 0 Å². The first-order valence-corrected chi connectivity index (χ1v) is 3.89. The number of benzene rings is 1. The number of hydrogen-bond donors (Lipinski definition) is 2. The molecule has 0 bridgehead atoms. The molecule has 0 aliphatic carbocycles. The molecule has 2 N–H and O–H groups in total. The number of aromatic hydroxyl groups is 1. The Hall–Kier alpha value is -1.77. The molecule has 2 nitrogen and oxygen atoms in total. The van der Waals surface area contributed by atoms with E-state index in [2.05, 4.69) is 4.98 Å². The average molecular weight is 177 g/mol. The van der Waals surface area contributed by atoms with E-state index >= 15 is 0 Å². The van der Waals surface area contributed by atoms with E-state index in [0.717, 1.165) is 11.3 Å². The van der Waals surface area contributed by atoms with Gasteiger partial charge in [0, 0.05) is 17.5 Å². The number of halogens is 1. The summed E-state index contributed by atoms with van der Waals surface area (Å²) < 4.78 is 12.9. The fraction of sp³-hybridized carbons (Fsp3) is 0. The minimum Gasteiger partial charge on any atom is -0.505 e. The van der Waals surface area contributed by atoms with E-state index in [0.29, 0.717) is 0 Å². The van der Waals surface area contributed by atoms with Crippen LogP contribution in [0.2, 0.25) is 0 Å². The lowest BCUT2D eigenvalue weighted by Crippen LogP contribution is -1.80. The van der Waals surface area contributed by atoms with Gasteiger partial charge in [-0.2, -0.15) is 0 Å². The molecule has 0 aliphatic rings. The molecule has 0 fully saturated rings. The Morgan fingerprint density at radius 2 is 2.08 bits per heavy atom. The van der Waals surface area contributed by atoms with Crippen LogP contribution in [0.4, 0.5) is 4.39 Å². The summed E-state index contributed by atoms with van der Waals surface area (Å²) in [5.41, 5.74) is 1.55. The fourth-order valence-electron chi connectivity index (χ4n) is 1.18. The van der Waals surface area contributed by atoms with E-state index in [1.165, 1.54) is 12.1 Å². The topological polar surface area (TPSA) is 36.0 Å². The zero-order valence-corrected chi connectivity index (χ0v) is 6.79. The van der Waals surface area contributed by atoms with Gasteiger partial charge in [0.1, 0.15) is 0 Å². The minimum absolute atomic E-state index is 0.324. The van der Waals surface area contributed by atoms with Crippen molar-refractivity contribution >= 4 is 0 Å². The van der Waals surface area contributed by atoms with Crippen molar-refractivity contribution in [1.82, 2.24) is 4.98 Å². The maximum absolute atomic E-state index is 12.9. The molecule has 13 heavy (non-hydrogen) atoms. The molecular formula is C10H8FNO. The van der Waals surface area contributed by atoms with Crippen LogP contribution in [-0.4, -0.2) is 10.1 Å². The lowest BCUT2D eigenvalue weighted by Gasteiger charge is -1.99. The molecule has 1 heterocycles. The molecule has 0 unspecified atom stereocenters. The van der Waals surface area contributed by atoms with Gasteiger partial charge in [0.15, 0.2) is 11.6 Å². The molecule has 0 atom stereocenters. The first-order valence-electron chi connectivity index (χ1n) is 3.89. The Kier molecular flexibility index (Phi) is 1.77. The minimum atomic E-state index is -0.605. The zero-order valence-electron chi connectivity index (χ0n) is 6.79. The second kappa shape index (κ2) is 2.94. The Morgan fingerprint density at radius 1 is 1.23 bits per heavy atom. The predicted octanol–water partition coefficient (Wildman–Crippen LogP) is 2.53. The van der Waals surface area contributed by atoms with Crippen LogP contribution in [-0.2, 0) is 0 Å². The zero-order chi connectivity index (χ0) is 9.26. The summed E-state index contributed by atoms with van der Waals surface area (Å²) in [6.07, 6.45) is 1.76. The number of H-pyrrole nitrogens is 1. The molecule has 0 amide bonds. The summed E-state index contributed by atoms with van der Waals surface area (Å²) in [4.78, 5) is 2.95. The average Bonchev–Trinajstić information content (AvgIpc) is 2.62. The molecule has 1 aromatic heterocycles. The van der Waals surface area contributed by atoms with E-state index in [9.17, 15) is 4.39 Å². The molecule has 0 spiro atoms. The highest BCUT2D eigenvalue weighted by atomic mass is 19.1. The molecular weight excluding hydrogens is 169 g/mol. The van der Waals surface area contributed by atoms with Gasteiger partial charge in [0.2, 0.25) is 0 Å². The first-order chi connectivity index (χ1) is 6.27. The highest BCUT2D eigenvalue weighted by molar-refractivity contribution is 5.60. The Labute approximate surface area is 74.7 Å². The normalized spacial score (nSPS) is 10.2. The van der Waals surface area contributed by atoms with Gasteiger partial charge in [-0.15, -0.1) is 0 Å². The Balaban J connectivity index is 2.49. The van der Waals surface area contributed by atoms with Crippen molar-refractivity contribution < 1.29 is 9.50 Å². The second-order valence-electron chi connectivity index (χ2n) is 2.75. The summed E-state index contributed by atoms with van der Waals surface area (Å²) in [6.45, 7) is 0. The third-order valence-corrected chi connectivity index (χ3v) is 1.86. The molecule has 1 aromatic carbocycles. The smallest absolute Gasteiger partial charge is 0.165 e. The van der Waals surface area contributed by atoms with Crippen LogP contribution in [0.25, 0.3) is 11.3 Å². The number of aromatic nitrogens is 1. The van der Waals surface area contributed by atoms with Crippen molar-refractivity contribution in [3.63, 3.8) is 0 Å². The largest absolute Gasteiger partial charge is 0.505 e. The fourth-order valence-corrected chi connectivity index (χ4v) is 1.18. The van der Waals surface area contributed by atoms with E-state index in [1.807, 2.05) is 12.1 Å². The van der Waals surface area contributed by atoms with Crippen molar-refractivity contribution in [3.8, 4) is 17.0 Å². The SMILES string of the molecule is Oc1ccc(-c2ccc[nH]2)cc1F. The number of rotatable bonds is 1. The monoisotopic (exact) mass is 177 g/mol. The standard InChI is InChI=1S/C10H8FNO/c11-8-6-7(3-4-10(8)13)9-2-1-5-12-9/h1-6,12-13H. The van der Waals surface area contributed by atoms with Gasteiger partial charge in [0.05, 0.1) is 0 Å². The summed E-state index contributed by atoms with van der Waals surface area (Å²) in [6, 6.07) is 7.96. The van der Waals surface area contributed by atoms with Crippen LogP contribution >= 0.6 is 0 Å². The number of phenolic OH excluding ortho intramolecular Hbond substituents is 1. The number of phenols is 1. The van der Waals surface area contributed by atoms with Crippen LogP contribution in [0.1, 0.15) is 0 Å². The Morgan fingerprint density at radius 3 is 2.69 bits per heavy atom. The van der Waals surface area contributed by atoms with Crippen molar-refractivity contribution in [2.75, 3.05) is 0 Å². The van der Waals surface area contributed by atoms with Crippen molar-refractivity contribution in [1.29, 1.82) is 0 Å². The number of nitrogens with one attached hydrogen (secondary N) is 1. The van der Waals surface area contributed by atoms with Crippen LogP contribution in [0, 0.1) is 5.82 Å². The van der Waals surface area contributed by atoms with Gasteiger partial charge in [-0.05, 0) is 30.3 Å². The third-order valence-electron chi connectivity index (χ3n) is 1.86. The molecule has 2 aromatic rings. The van der Waals surface area contributed by atoms with Gasteiger partial charge >= 0.3 is 0 Å². The van der Waals surface area contributed by atoms with Crippen LogP contribution in [0.15, 0.2) is 36.5 Å². The maximum atomic E-state index is 12.9. The van der Waals surface area contributed by atoms with Gasteiger partial charge in [-0.25, -0.2) is 4.39 Å². The Bertz CT molecular complexity index is 409.